The molecule has 1 atom stereocenters. The van der Waals surface area contributed by atoms with E-state index in [1.807, 2.05) is 12.2 Å². The Kier molecular flexibility index (Phi) is 2.08. The van der Waals surface area contributed by atoms with Crippen molar-refractivity contribution < 1.29 is 9.90 Å². The molecule has 2 bridgehead atoms. The summed E-state index contributed by atoms with van der Waals surface area (Å²) >= 11 is 0. The van der Waals surface area contributed by atoms with Crippen LogP contribution in [0.4, 0.5) is 0 Å². The van der Waals surface area contributed by atoms with Gasteiger partial charge >= 0.3 is 0 Å². The van der Waals surface area contributed by atoms with Gasteiger partial charge in [0.05, 0.1) is 5.60 Å². The summed E-state index contributed by atoms with van der Waals surface area (Å²) < 4.78 is 0. The van der Waals surface area contributed by atoms with Crippen LogP contribution < -0.4 is 0 Å². The SMILES string of the molecule is O=C1/C=C\C=C2\CCCC(O)(C1)C2. The van der Waals surface area contributed by atoms with Gasteiger partial charge < -0.3 is 5.11 Å². The van der Waals surface area contributed by atoms with Gasteiger partial charge in [0.2, 0.25) is 0 Å². The molecule has 1 N–H and O–H groups in total. The Labute approximate surface area is 78.0 Å². The molecule has 0 aromatic carbocycles. The lowest BCUT2D eigenvalue weighted by Gasteiger charge is -2.33. The van der Waals surface area contributed by atoms with Crippen LogP contribution in [-0.4, -0.2) is 16.5 Å². The first-order chi connectivity index (χ1) is 6.18. The molecule has 0 aliphatic heterocycles. The summed E-state index contributed by atoms with van der Waals surface area (Å²) in [6, 6.07) is 0. The molecule has 2 aliphatic carbocycles. The molecule has 2 rings (SSSR count). The molecular weight excluding hydrogens is 164 g/mol. The molecule has 0 spiro atoms. The predicted molar refractivity (Wildman–Crippen MR) is 50.3 cm³/mol. The van der Waals surface area contributed by atoms with Crippen LogP contribution >= 0.6 is 0 Å². The van der Waals surface area contributed by atoms with Gasteiger partial charge in [-0.05, 0) is 31.8 Å². The zero-order valence-corrected chi connectivity index (χ0v) is 7.62. The lowest BCUT2D eigenvalue weighted by molar-refractivity contribution is -0.120. The number of carbonyl (C=O) groups is 1. The van der Waals surface area contributed by atoms with Gasteiger partial charge in [-0.2, -0.15) is 0 Å². The summed E-state index contributed by atoms with van der Waals surface area (Å²) in [4.78, 5) is 11.3. The minimum absolute atomic E-state index is 0.0414. The second kappa shape index (κ2) is 3.11. The Morgan fingerprint density at radius 2 is 2.23 bits per heavy atom. The van der Waals surface area contributed by atoms with Crippen molar-refractivity contribution in [2.45, 2.75) is 37.7 Å². The van der Waals surface area contributed by atoms with E-state index in [-0.39, 0.29) is 5.78 Å². The third-order valence-corrected chi connectivity index (χ3v) is 2.81. The van der Waals surface area contributed by atoms with E-state index in [2.05, 4.69) is 0 Å². The number of carbonyl (C=O) groups excluding carboxylic acids is 1. The number of ketones is 1. The molecule has 70 valence electrons. The number of allylic oxidation sites excluding steroid dienone is 3. The van der Waals surface area contributed by atoms with Gasteiger partial charge in [-0.15, -0.1) is 0 Å². The van der Waals surface area contributed by atoms with E-state index >= 15 is 0 Å². The van der Waals surface area contributed by atoms with Crippen molar-refractivity contribution in [3.05, 3.63) is 23.8 Å². The largest absolute Gasteiger partial charge is 0.389 e. The van der Waals surface area contributed by atoms with Crippen LogP contribution in [0.15, 0.2) is 23.8 Å². The van der Waals surface area contributed by atoms with Crippen molar-refractivity contribution in [2.24, 2.45) is 0 Å². The molecule has 0 radical (unpaired) electrons. The van der Waals surface area contributed by atoms with Gasteiger partial charge in [0.1, 0.15) is 0 Å². The Hall–Kier alpha value is -0.890. The number of hydrogen-bond acceptors (Lipinski definition) is 2. The van der Waals surface area contributed by atoms with Gasteiger partial charge in [0.25, 0.3) is 0 Å². The maximum absolute atomic E-state index is 11.3. The summed E-state index contributed by atoms with van der Waals surface area (Å²) in [5.41, 5.74) is 0.531. The van der Waals surface area contributed by atoms with Crippen LogP contribution in [-0.2, 0) is 4.79 Å². The highest BCUT2D eigenvalue weighted by molar-refractivity contribution is 5.90. The molecule has 2 aliphatic rings. The van der Waals surface area contributed by atoms with Crippen LogP contribution in [0.1, 0.15) is 32.1 Å². The minimum Gasteiger partial charge on any atom is -0.389 e. The standard InChI is InChI=1S/C11H14O2/c12-10-5-1-3-9-4-2-6-11(13,7-9)8-10/h1,3,5,13H,2,4,6-8H2/b5-1-,9-3-. The van der Waals surface area contributed by atoms with Crippen molar-refractivity contribution in [2.75, 3.05) is 0 Å². The van der Waals surface area contributed by atoms with E-state index in [0.717, 1.165) is 19.3 Å². The van der Waals surface area contributed by atoms with Crippen molar-refractivity contribution in [1.29, 1.82) is 0 Å². The van der Waals surface area contributed by atoms with Gasteiger partial charge in [0, 0.05) is 6.42 Å². The Balaban J connectivity index is 2.29. The zero-order valence-electron chi connectivity index (χ0n) is 7.62. The molecule has 0 heterocycles. The highest BCUT2D eigenvalue weighted by Gasteiger charge is 2.33. The fourth-order valence-electron chi connectivity index (χ4n) is 2.21. The summed E-state index contributed by atoms with van der Waals surface area (Å²) in [6.45, 7) is 0. The van der Waals surface area contributed by atoms with E-state index in [1.165, 1.54) is 5.57 Å². The minimum atomic E-state index is -0.744. The molecule has 0 aromatic heterocycles. The van der Waals surface area contributed by atoms with E-state index < -0.39 is 5.60 Å². The monoisotopic (exact) mass is 178 g/mol. The smallest absolute Gasteiger partial charge is 0.158 e. The van der Waals surface area contributed by atoms with E-state index in [1.54, 1.807) is 6.08 Å². The summed E-state index contributed by atoms with van der Waals surface area (Å²) in [7, 11) is 0. The van der Waals surface area contributed by atoms with E-state index in [9.17, 15) is 9.90 Å². The number of aliphatic hydroxyl groups is 1. The van der Waals surface area contributed by atoms with Crippen molar-refractivity contribution >= 4 is 5.78 Å². The molecule has 1 fully saturated rings. The second-order valence-corrected chi connectivity index (χ2v) is 4.08. The molecule has 13 heavy (non-hydrogen) atoms. The van der Waals surface area contributed by atoms with Crippen LogP contribution in [0.25, 0.3) is 0 Å². The normalized spacial score (nSPS) is 40.1. The lowest BCUT2D eigenvalue weighted by atomic mass is 9.77. The summed E-state index contributed by atoms with van der Waals surface area (Å²) in [5.74, 6) is 0.0414. The molecule has 0 amide bonds. The Bertz CT molecular complexity index is 288. The molecule has 2 heteroatoms. The van der Waals surface area contributed by atoms with Crippen molar-refractivity contribution in [1.82, 2.24) is 0 Å². The molecular formula is C11H14O2. The highest BCUT2D eigenvalue weighted by atomic mass is 16.3. The van der Waals surface area contributed by atoms with E-state index in [4.69, 9.17) is 0 Å². The highest BCUT2D eigenvalue weighted by Crippen LogP contribution is 2.35. The molecule has 0 aromatic rings. The molecule has 2 nitrogen and oxygen atoms in total. The van der Waals surface area contributed by atoms with E-state index in [0.29, 0.717) is 12.8 Å². The van der Waals surface area contributed by atoms with Crippen LogP contribution in [0, 0.1) is 0 Å². The van der Waals surface area contributed by atoms with Gasteiger partial charge in [-0.3, -0.25) is 4.79 Å². The first kappa shape index (κ1) is 8.70. The Morgan fingerprint density at radius 3 is 3.08 bits per heavy atom. The number of fused-ring (bicyclic) bond motifs is 2. The first-order valence-electron chi connectivity index (χ1n) is 4.79. The van der Waals surface area contributed by atoms with Gasteiger partial charge in [-0.25, -0.2) is 0 Å². The predicted octanol–water partition coefficient (Wildman–Crippen LogP) is 1.75. The fourth-order valence-corrected chi connectivity index (χ4v) is 2.21. The fraction of sp³-hybridized carbons (Fsp3) is 0.545. The summed E-state index contributed by atoms with van der Waals surface area (Å²) in [6.07, 6.45) is 9.16. The molecule has 0 saturated heterocycles. The molecule has 1 unspecified atom stereocenters. The first-order valence-corrected chi connectivity index (χ1v) is 4.79. The molecule has 1 saturated carbocycles. The second-order valence-electron chi connectivity index (χ2n) is 4.08. The van der Waals surface area contributed by atoms with Crippen LogP contribution in [0.5, 0.6) is 0 Å². The van der Waals surface area contributed by atoms with Gasteiger partial charge in [0.15, 0.2) is 5.78 Å². The van der Waals surface area contributed by atoms with Crippen LogP contribution in [0.2, 0.25) is 0 Å². The quantitative estimate of drug-likeness (QED) is 0.613. The third-order valence-electron chi connectivity index (χ3n) is 2.81. The maximum Gasteiger partial charge on any atom is 0.158 e. The topological polar surface area (TPSA) is 37.3 Å². The van der Waals surface area contributed by atoms with Crippen LogP contribution in [0.3, 0.4) is 0 Å². The Morgan fingerprint density at radius 1 is 1.38 bits per heavy atom. The third kappa shape index (κ3) is 1.89. The number of hydrogen-bond donors (Lipinski definition) is 1. The summed E-state index contributed by atoms with van der Waals surface area (Å²) in [5, 5.41) is 10.1. The van der Waals surface area contributed by atoms with Crippen molar-refractivity contribution in [3.8, 4) is 0 Å². The average molecular weight is 178 g/mol. The van der Waals surface area contributed by atoms with Crippen molar-refractivity contribution in [3.63, 3.8) is 0 Å². The van der Waals surface area contributed by atoms with Gasteiger partial charge in [-0.1, -0.05) is 17.7 Å². The average Bonchev–Trinajstić information content (AvgIpc) is 2.01. The zero-order chi connectivity index (χ0) is 9.31. The lowest BCUT2D eigenvalue weighted by Crippen LogP contribution is -2.35. The number of rotatable bonds is 0. The maximum atomic E-state index is 11.3.